The lowest BCUT2D eigenvalue weighted by Gasteiger charge is -2.21. The number of rotatable bonds is 7. The monoisotopic (exact) mass is 577 g/mol. The van der Waals surface area contributed by atoms with Crippen LogP contribution in [-0.4, -0.2) is 29.6 Å². The number of halogens is 2. The van der Waals surface area contributed by atoms with Gasteiger partial charge in [-0.1, -0.05) is 50.5 Å². The Hall–Kier alpha value is -2.19. The molecule has 0 amide bonds. The molecule has 6 nitrogen and oxygen atoms in total. The van der Waals surface area contributed by atoms with E-state index in [9.17, 15) is 4.79 Å². The number of ether oxygens (including phenoxy) is 2. The van der Waals surface area contributed by atoms with Gasteiger partial charge in [-0.15, -0.1) is 0 Å². The van der Waals surface area contributed by atoms with Gasteiger partial charge in [-0.25, -0.2) is 4.98 Å². The van der Waals surface area contributed by atoms with E-state index in [4.69, 9.17) is 14.5 Å². The van der Waals surface area contributed by atoms with Crippen LogP contribution in [0.3, 0.4) is 0 Å². The summed E-state index contributed by atoms with van der Waals surface area (Å²) in [5, 5.41) is 5.05. The highest BCUT2D eigenvalue weighted by molar-refractivity contribution is 9.10. The summed E-state index contributed by atoms with van der Waals surface area (Å²) in [7, 11) is 1.60. The molecule has 0 spiro atoms. The normalized spacial score (nSPS) is 13.0. The minimum absolute atomic E-state index is 0.0101. The molecule has 0 bridgehead atoms. The van der Waals surface area contributed by atoms with Gasteiger partial charge >= 0.3 is 0 Å². The van der Waals surface area contributed by atoms with Crippen molar-refractivity contribution in [2.24, 2.45) is 10.5 Å². The van der Waals surface area contributed by atoms with E-state index in [2.05, 4.69) is 64.7 Å². The molecule has 0 N–H and O–H groups in total. The van der Waals surface area contributed by atoms with Crippen LogP contribution in [0.4, 0.5) is 0 Å². The highest BCUT2D eigenvalue weighted by Gasteiger charge is 2.18. The third-order valence-corrected chi connectivity index (χ3v) is 6.19. The van der Waals surface area contributed by atoms with Gasteiger partial charge in [0, 0.05) is 10.4 Å². The minimum atomic E-state index is -0.205. The Morgan fingerprint density at radius 3 is 2.58 bits per heavy atom. The molecular weight excluding hydrogens is 550 g/mol. The zero-order valence-corrected chi connectivity index (χ0v) is 22.9. The zero-order valence-electron chi connectivity index (χ0n) is 19.8. The Kier molecular flexibility index (Phi) is 8.00. The molecule has 1 aromatic heterocycles. The van der Waals surface area contributed by atoms with Crippen molar-refractivity contribution in [1.82, 2.24) is 9.66 Å². The van der Waals surface area contributed by atoms with Crippen LogP contribution in [0.2, 0.25) is 0 Å². The van der Waals surface area contributed by atoms with Gasteiger partial charge in [0.1, 0.15) is 5.82 Å². The minimum Gasteiger partial charge on any atom is -0.493 e. The van der Waals surface area contributed by atoms with E-state index in [1.807, 2.05) is 31.2 Å². The molecule has 0 saturated heterocycles. The maximum Gasteiger partial charge on any atom is 0.282 e. The molecule has 0 saturated carbocycles. The Labute approximate surface area is 211 Å². The molecule has 0 aliphatic rings. The molecule has 176 valence electrons. The van der Waals surface area contributed by atoms with E-state index >= 15 is 0 Å². The van der Waals surface area contributed by atoms with Crippen molar-refractivity contribution < 1.29 is 9.47 Å². The third kappa shape index (κ3) is 6.03. The van der Waals surface area contributed by atoms with Gasteiger partial charge in [-0.2, -0.15) is 9.78 Å². The van der Waals surface area contributed by atoms with Crippen LogP contribution in [-0.2, 0) is 0 Å². The highest BCUT2D eigenvalue weighted by Crippen LogP contribution is 2.37. The quantitative estimate of drug-likeness (QED) is 0.291. The fourth-order valence-corrected chi connectivity index (χ4v) is 4.08. The maximum atomic E-state index is 13.3. The number of hydrogen-bond donors (Lipinski definition) is 0. The van der Waals surface area contributed by atoms with E-state index in [1.165, 1.54) is 4.68 Å². The summed E-state index contributed by atoms with van der Waals surface area (Å²) < 4.78 is 14.5. The Morgan fingerprint density at radius 2 is 1.94 bits per heavy atom. The van der Waals surface area contributed by atoms with Gasteiger partial charge < -0.3 is 9.47 Å². The van der Waals surface area contributed by atoms with E-state index in [-0.39, 0.29) is 16.9 Å². The topological polar surface area (TPSA) is 65.7 Å². The summed E-state index contributed by atoms with van der Waals surface area (Å²) in [5.41, 5.74) is 1.23. The van der Waals surface area contributed by atoms with Crippen LogP contribution < -0.4 is 15.0 Å². The number of hydrogen-bond acceptors (Lipinski definition) is 5. The van der Waals surface area contributed by atoms with E-state index in [0.717, 1.165) is 20.9 Å². The first-order valence-corrected chi connectivity index (χ1v) is 12.4. The largest absolute Gasteiger partial charge is 0.493 e. The molecule has 8 heteroatoms. The summed E-state index contributed by atoms with van der Waals surface area (Å²) in [6.07, 6.45) is 2.47. The van der Waals surface area contributed by atoms with Crippen LogP contribution in [0.1, 0.15) is 58.3 Å². The number of aromatic nitrogens is 2. The van der Waals surface area contributed by atoms with Crippen molar-refractivity contribution in [2.75, 3.05) is 13.7 Å². The average Bonchev–Trinajstić information content (AvgIpc) is 2.76. The van der Waals surface area contributed by atoms with Gasteiger partial charge in [-0.3, -0.25) is 4.79 Å². The van der Waals surface area contributed by atoms with Crippen LogP contribution in [0, 0.1) is 5.41 Å². The lowest BCUT2D eigenvalue weighted by atomic mass is 9.99. The Balaban J connectivity index is 2.07. The van der Waals surface area contributed by atoms with Crippen molar-refractivity contribution in [3.63, 3.8) is 0 Å². The molecular formula is C25H29Br2N3O3. The molecule has 1 heterocycles. The fraction of sp³-hybridized carbons (Fsp3) is 0.400. The predicted octanol–water partition coefficient (Wildman–Crippen LogP) is 6.75. The van der Waals surface area contributed by atoms with Crippen molar-refractivity contribution in [1.29, 1.82) is 0 Å². The smallest absolute Gasteiger partial charge is 0.282 e. The summed E-state index contributed by atoms with van der Waals surface area (Å²) in [6.45, 7) is 11.0. The summed E-state index contributed by atoms with van der Waals surface area (Å²) >= 11 is 7.02. The van der Waals surface area contributed by atoms with Gasteiger partial charge in [0.2, 0.25) is 0 Å². The van der Waals surface area contributed by atoms with E-state index in [1.54, 1.807) is 19.4 Å². The number of nitrogens with zero attached hydrogens (tertiary/aromatic N) is 3. The van der Waals surface area contributed by atoms with Crippen LogP contribution in [0.25, 0.3) is 10.9 Å². The van der Waals surface area contributed by atoms with Crippen LogP contribution in [0.5, 0.6) is 11.5 Å². The van der Waals surface area contributed by atoms with Crippen LogP contribution >= 0.6 is 31.9 Å². The number of benzene rings is 2. The summed E-state index contributed by atoms with van der Waals surface area (Å²) in [6, 6.07) is 9.24. The SMILES string of the molecule is CC[C@H](C)c1nc2ccc(Br)cc2c(=O)n1N=Cc1cc(Br)c(OCC(C)(C)C)c(OC)c1. The maximum absolute atomic E-state index is 13.3. The third-order valence-electron chi connectivity index (χ3n) is 5.11. The Bertz CT molecular complexity index is 1250. The second-order valence-electron chi connectivity index (χ2n) is 9.19. The zero-order chi connectivity index (χ0) is 24.3. The number of methoxy groups -OCH3 is 1. The molecule has 33 heavy (non-hydrogen) atoms. The lowest BCUT2D eigenvalue weighted by Crippen LogP contribution is -2.23. The number of fused-ring (bicyclic) bond motifs is 1. The Morgan fingerprint density at radius 1 is 1.21 bits per heavy atom. The van der Waals surface area contributed by atoms with E-state index in [0.29, 0.717) is 34.8 Å². The molecule has 3 aromatic rings. The fourth-order valence-electron chi connectivity index (χ4n) is 3.15. The predicted molar refractivity (Wildman–Crippen MR) is 141 cm³/mol. The first-order valence-electron chi connectivity index (χ1n) is 10.8. The standard InChI is InChI=1S/C25H29Br2N3O3/c1-7-15(2)23-29-20-9-8-17(26)12-18(20)24(31)30(23)28-13-16-10-19(27)22(21(11-16)32-6)33-14-25(3,4)5/h8-13,15H,7,14H2,1-6H3/t15-/m0/s1. The second kappa shape index (κ2) is 10.4. The molecule has 2 aromatic carbocycles. The van der Waals surface area contributed by atoms with Crippen molar-refractivity contribution >= 4 is 49.0 Å². The second-order valence-corrected chi connectivity index (χ2v) is 11.0. The first-order chi connectivity index (χ1) is 15.5. The molecule has 0 aliphatic carbocycles. The van der Waals surface area contributed by atoms with E-state index < -0.39 is 0 Å². The highest BCUT2D eigenvalue weighted by atomic mass is 79.9. The molecule has 0 unspecified atom stereocenters. The average molecular weight is 579 g/mol. The molecule has 0 radical (unpaired) electrons. The van der Waals surface area contributed by atoms with Crippen molar-refractivity contribution in [3.8, 4) is 11.5 Å². The summed E-state index contributed by atoms with van der Waals surface area (Å²) in [4.78, 5) is 18.0. The molecule has 3 rings (SSSR count). The summed E-state index contributed by atoms with van der Waals surface area (Å²) in [5.74, 6) is 1.92. The van der Waals surface area contributed by atoms with Gasteiger partial charge in [0.05, 0.1) is 35.3 Å². The van der Waals surface area contributed by atoms with Crippen molar-refractivity contribution in [2.45, 2.75) is 47.0 Å². The molecule has 0 aliphatic heterocycles. The first kappa shape index (κ1) is 25.4. The van der Waals surface area contributed by atoms with Gasteiger partial charge in [0.25, 0.3) is 5.56 Å². The van der Waals surface area contributed by atoms with Crippen LogP contribution in [0.15, 0.2) is 49.2 Å². The van der Waals surface area contributed by atoms with Crippen molar-refractivity contribution in [3.05, 3.63) is 61.0 Å². The lowest BCUT2D eigenvalue weighted by molar-refractivity contribution is 0.190. The van der Waals surface area contributed by atoms with Gasteiger partial charge in [0.15, 0.2) is 11.5 Å². The molecule has 0 fully saturated rings. The van der Waals surface area contributed by atoms with Gasteiger partial charge in [-0.05, 0) is 63.7 Å². The molecule has 1 atom stereocenters.